The number of alkyl halides is 3. The van der Waals surface area contributed by atoms with Crippen LogP contribution in [0.2, 0.25) is 0 Å². The van der Waals surface area contributed by atoms with E-state index < -0.39 is 11.7 Å². The summed E-state index contributed by atoms with van der Waals surface area (Å²) in [5.41, 5.74) is 0.469. The van der Waals surface area contributed by atoms with Gasteiger partial charge in [-0.2, -0.15) is 13.2 Å². The number of pyridine rings is 1. The zero-order valence-electron chi connectivity index (χ0n) is 12.7. The molecule has 0 fully saturated rings. The second kappa shape index (κ2) is 5.70. The Morgan fingerprint density at radius 1 is 0.958 bits per heavy atom. The van der Waals surface area contributed by atoms with E-state index in [4.69, 9.17) is 0 Å². The first-order valence-corrected chi connectivity index (χ1v) is 7.23. The average molecular weight is 333 g/mol. The lowest BCUT2D eigenvalue weighted by molar-refractivity contribution is -0.137. The highest BCUT2D eigenvalue weighted by molar-refractivity contribution is 5.95. The van der Waals surface area contributed by atoms with Crippen LogP contribution in [0.1, 0.15) is 22.4 Å². The van der Waals surface area contributed by atoms with Gasteiger partial charge >= 0.3 is 6.18 Å². The largest absolute Gasteiger partial charge is 0.507 e. The standard InChI is InChI=1S/C18H14F3NO2/c1-10-15(8-12-7-6-11(9-22-12)18(19,20)21)17(24)14-5-3-2-4-13(14)16(10)23/h2-7,9,23-24H,8H2,1H3. The molecular formula is C18H14F3NO2. The van der Waals surface area contributed by atoms with E-state index in [9.17, 15) is 23.4 Å². The van der Waals surface area contributed by atoms with Crippen molar-refractivity contribution in [3.63, 3.8) is 0 Å². The van der Waals surface area contributed by atoms with Crippen LogP contribution in [0.3, 0.4) is 0 Å². The molecule has 3 rings (SSSR count). The summed E-state index contributed by atoms with van der Waals surface area (Å²) in [7, 11) is 0. The van der Waals surface area contributed by atoms with Gasteiger partial charge in [-0.1, -0.05) is 24.3 Å². The minimum absolute atomic E-state index is 0.00241. The van der Waals surface area contributed by atoms with Crippen LogP contribution in [0.15, 0.2) is 42.6 Å². The normalized spacial score (nSPS) is 11.8. The summed E-state index contributed by atoms with van der Waals surface area (Å²) in [5, 5.41) is 21.8. The van der Waals surface area contributed by atoms with Crippen molar-refractivity contribution in [3.05, 3.63) is 65.0 Å². The van der Waals surface area contributed by atoms with Crippen LogP contribution in [0.25, 0.3) is 10.8 Å². The molecule has 24 heavy (non-hydrogen) atoms. The minimum Gasteiger partial charge on any atom is -0.507 e. The van der Waals surface area contributed by atoms with Gasteiger partial charge in [-0.3, -0.25) is 4.98 Å². The van der Waals surface area contributed by atoms with Crippen molar-refractivity contribution in [1.29, 1.82) is 0 Å². The van der Waals surface area contributed by atoms with Crippen LogP contribution >= 0.6 is 0 Å². The molecule has 0 amide bonds. The molecule has 1 heterocycles. The van der Waals surface area contributed by atoms with E-state index in [2.05, 4.69) is 4.98 Å². The molecule has 6 heteroatoms. The number of benzene rings is 2. The summed E-state index contributed by atoms with van der Waals surface area (Å²) in [5.74, 6) is 0.0490. The van der Waals surface area contributed by atoms with E-state index in [0.29, 0.717) is 27.6 Å². The SMILES string of the molecule is Cc1c(Cc2ccc(C(F)(F)F)cn2)c(O)c2ccccc2c1O. The van der Waals surface area contributed by atoms with Crippen LogP contribution < -0.4 is 0 Å². The summed E-state index contributed by atoms with van der Waals surface area (Å²) in [6.45, 7) is 1.65. The predicted molar refractivity (Wildman–Crippen MR) is 84.1 cm³/mol. The van der Waals surface area contributed by atoms with Crippen LogP contribution in [0, 0.1) is 6.92 Å². The van der Waals surface area contributed by atoms with Gasteiger partial charge in [-0.05, 0) is 24.6 Å². The van der Waals surface area contributed by atoms with Crippen molar-refractivity contribution < 1.29 is 23.4 Å². The molecule has 2 aromatic carbocycles. The molecule has 3 nitrogen and oxygen atoms in total. The Morgan fingerprint density at radius 3 is 2.12 bits per heavy atom. The number of fused-ring (bicyclic) bond motifs is 1. The van der Waals surface area contributed by atoms with Gasteiger partial charge in [-0.15, -0.1) is 0 Å². The minimum atomic E-state index is -4.44. The zero-order chi connectivity index (χ0) is 17.5. The lowest BCUT2D eigenvalue weighted by Gasteiger charge is -2.14. The molecule has 0 unspecified atom stereocenters. The topological polar surface area (TPSA) is 53.4 Å². The summed E-state index contributed by atoms with van der Waals surface area (Å²) < 4.78 is 37.8. The summed E-state index contributed by atoms with van der Waals surface area (Å²) in [6, 6.07) is 9.07. The van der Waals surface area contributed by atoms with E-state index >= 15 is 0 Å². The summed E-state index contributed by atoms with van der Waals surface area (Å²) in [6.07, 6.45) is -3.55. The van der Waals surface area contributed by atoms with Gasteiger partial charge in [0.05, 0.1) is 5.56 Å². The Morgan fingerprint density at radius 2 is 1.58 bits per heavy atom. The molecule has 0 bridgehead atoms. The molecule has 0 saturated heterocycles. The first-order valence-electron chi connectivity index (χ1n) is 7.23. The first kappa shape index (κ1) is 16.1. The van der Waals surface area contributed by atoms with E-state index in [0.717, 1.165) is 12.3 Å². The maximum Gasteiger partial charge on any atom is 0.417 e. The lowest BCUT2D eigenvalue weighted by atomic mass is 9.95. The van der Waals surface area contributed by atoms with Crippen LogP contribution in [-0.2, 0) is 12.6 Å². The van der Waals surface area contributed by atoms with Crippen LogP contribution in [0.5, 0.6) is 11.5 Å². The van der Waals surface area contributed by atoms with Gasteiger partial charge in [0.15, 0.2) is 0 Å². The Kier molecular flexibility index (Phi) is 3.83. The van der Waals surface area contributed by atoms with Crippen molar-refractivity contribution in [2.24, 2.45) is 0 Å². The molecule has 2 N–H and O–H groups in total. The Bertz CT molecular complexity index is 903. The zero-order valence-corrected chi connectivity index (χ0v) is 12.7. The van der Waals surface area contributed by atoms with Crippen LogP contribution in [0.4, 0.5) is 13.2 Å². The van der Waals surface area contributed by atoms with E-state index in [1.807, 2.05) is 0 Å². The quantitative estimate of drug-likeness (QED) is 0.676. The Labute approximate surface area is 136 Å². The van der Waals surface area contributed by atoms with Gasteiger partial charge in [-0.25, -0.2) is 0 Å². The molecule has 0 radical (unpaired) electrons. The molecule has 3 aromatic rings. The average Bonchev–Trinajstić information content (AvgIpc) is 2.56. The van der Waals surface area contributed by atoms with Gasteiger partial charge < -0.3 is 10.2 Å². The highest BCUT2D eigenvalue weighted by Gasteiger charge is 2.30. The van der Waals surface area contributed by atoms with Gasteiger partial charge in [0.2, 0.25) is 0 Å². The number of hydrogen-bond acceptors (Lipinski definition) is 3. The third-order valence-corrected chi connectivity index (χ3v) is 4.04. The fraction of sp³-hybridized carbons (Fsp3) is 0.167. The molecule has 0 saturated carbocycles. The van der Waals surface area contributed by atoms with Crippen molar-refractivity contribution in [2.45, 2.75) is 19.5 Å². The predicted octanol–water partition coefficient (Wildman–Crippen LogP) is 4.56. The summed E-state index contributed by atoms with van der Waals surface area (Å²) in [4.78, 5) is 3.82. The number of phenols is 2. The molecule has 0 atom stereocenters. The molecule has 0 spiro atoms. The number of nitrogens with zero attached hydrogens (tertiary/aromatic N) is 1. The van der Waals surface area contributed by atoms with Crippen LogP contribution in [-0.4, -0.2) is 15.2 Å². The maximum atomic E-state index is 12.6. The smallest absolute Gasteiger partial charge is 0.417 e. The van der Waals surface area contributed by atoms with Gasteiger partial charge in [0, 0.05) is 34.6 Å². The van der Waals surface area contributed by atoms with Gasteiger partial charge in [0.25, 0.3) is 0 Å². The third-order valence-electron chi connectivity index (χ3n) is 4.04. The Hall–Kier alpha value is -2.76. The fourth-order valence-electron chi connectivity index (χ4n) is 2.68. The second-order valence-corrected chi connectivity index (χ2v) is 5.56. The Balaban J connectivity index is 2.04. The fourth-order valence-corrected chi connectivity index (χ4v) is 2.68. The van der Waals surface area contributed by atoms with E-state index in [1.54, 1.807) is 31.2 Å². The molecule has 1 aromatic heterocycles. The van der Waals surface area contributed by atoms with Crippen molar-refractivity contribution in [1.82, 2.24) is 4.98 Å². The van der Waals surface area contributed by atoms with Crippen molar-refractivity contribution in [3.8, 4) is 11.5 Å². The maximum absolute atomic E-state index is 12.6. The van der Waals surface area contributed by atoms with Crippen molar-refractivity contribution in [2.75, 3.05) is 0 Å². The van der Waals surface area contributed by atoms with Gasteiger partial charge in [0.1, 0.15) is 11.5 Å². The highest BCUT2D eigenvalue weighted by Crippen LogP contribution is 2.40. The number of hydrogen-bond donors (Lipinski definition) is 2. The van der Waals surface area contributed by atoms with Crippen molar-refractivity contribution >= 4 is 10.8 Å². The number of aromatic nitrogens is 1. The number of halogens is 3. The third kappa shape index (κ3) is 2.75. The molecular weight excluding hydrogens is 319 g/mol. The van der Waals surface area contributed by atoms with E-state index in [1.165, 1.54) is 6.07 Å². The highest BCUT2D eigenvalue weighted by atomic mass is 19.4. The molecule has 0 aliphatic heterocycles. The monoisotopic (exact) mass is 333 g/mol. The first-order chi connectivity index (χ1) is 11.3. The number of phenolic OH excluding ortho intramolecular Hbond substituents is 2. The van der Waals surface area contributed by atoms with E-state index in [-0.39, 0.29) is 17.9 Å². The second-order valence-electron chi connectivity index (χ2n) is 5.56. The summed E-state index contributed by atoms with van der Waals surface area (Å²) >= 11 is 0. The lowest BCUT2D eigenvalue weighted by Crippen LogP contribution is -2.06. The number of rotatable bonds is 2. The molecule has 0 aliphatic carbocycles. The number of aromatic hydroxyl groups is 2. The molecule has 0 aliphatic rings. The molecule has 124 valence electrons.